The zero-order valence-corrected chi connectivity index (χ0v) is 13.0. The molecule has 3 rings (SSSR count). The van der Waals surface area contributed by atoms with E-state index in [9.17, 15) is 14.7 Å². The van der Waals surface area contributed by atoms with Crippen LogP contribution < -0.4 is 11.2 Å². The molecule has 22 heavy (non-hydrogen) atoms. The molecule has 1 aliphatic rings. The first-order valence-corrected chi connectivity index (χ1v) is 7.39. The number of fused-ring (bicyclic) bond motifs is 1. The Hall–Kier alpha value is -1.93. The summed E-state index contributed by atoms with van der Waals surface area (Å²) in [6.45, 7) is 1.05. The molecular formula is C14H21N5O3. The molecule has 0 amide bonds. The van der Waals surface area contributed by atoms with Crippen molar-refractivity contribution in [1.29, 1.82) is 0 Å². The third-order valence-electron chi connectivity index (χ3n) is 4.23. The van der Waals surface area contributed by atoms with Gasteiger partial charge in [-0.15, -0.1) is 0 Å². The van der Waals surface area contributed by atoms with Crippen LogP contribution in [-0.2, 0) is 20.6 Å². The summed E-state index contributed by atoms with van der Waals surface area (Å²) in [5, 5.41) is 9.97. The highest BCUT2D eigenvalue weighted by Crippen LogP contribution is 2.32. The van der Waals surface area contributed by atoms with Gasteiger partial charge in [0, 0.05) is 20.6 Å². The number of likely N-dealkylation sites (N-methyl/N-ethyl adjacent to an activating group) is 1. The van der Waals surface area contributed by atoms with E-state index in [-0.39, 0.29) is 11.7 Å². The zero-order valence-electron chi connectivity index (χ0n) is 13.0. The van der Waals surface area contributed by atoms with Crippen molar-refractivity contribution >= 4 is 11.2 Å². The van der Waals surface area contributed by atoms with Gasteiger partial charge in [-0.3, -0.25) is 18.8 Å². The Kier molecular flexibility index (Phi) is 3.65. The molecular weight excluding hydrogens is 286 g/mol. The number of nitrogens with one attached hydrogen (secondary N) is 1. The summed E-state index contributed by atoms with van der Waals surface area (Å²) < 4.78 is 2.42. The maximum atomic E-state index is 12.1. The van der Waals surface area contributed by atoms with Gasteiger partial charge in [0.15, 0.2) is 5.65 Å². The fourth-order valence-corrected chi connectivity index (χ4v) is 2.72. The summed E-state index contributed by atoms with van der Waals surface area (Å²) in [7, 11) is 4.94. The summed E-state index contributed by atoms with van der Waals surface area (Å²) in [6, 6.07) is 0. The fraction of sp³-hybridized carbons (Fsp3) is 0.643. The Balaban J connectivity index is 1.86. The van der Waals surface area contributed by atoms with Crippen LogP contribution in [-0.4, -0.2) is 48.8 Å². The highest BCUT2D eigenvalue weighted by Gasteiger charge is 2.30. The van der Waals surface area contributed by atoms with Gasteiger partial charge in [-0.05, 0) is 25.8 Å². The number of aromatic nitrogens is 4. The van der Waals surface area contributed by atoms with E-state index in [0.29, 0.717) is 36.0 Å². The van der Waals surface area contributed by atoms with Gasteiger partial charge in [-0.1, -0.05) is 0 Å². The van der Waals surface area contributed by atoms with Crippen molar-refractivity contribution in [1.82, 2.24) is 24.0 Å². The summed E-state index contributed by atoms with van der Waals surface area (Å²) in [5.74, 6) is 1.03. The topological polar surface area (TPSA) is 96.2 Å². The number of H-pyrrole nitrogens is 1. The molecule has 2 N–H and O–H groups in total. The highest BCUT2D eigenvalue weighted by atomic mass is 16.3. The number of aliphatic hydroxyl groups excluding tert-OH is 1. The van der Waals surface area contributed by atoms with E-state index in [1.54, 1.807) is 7.05 Å². The molecule has 8 heteroatoms. The Morgan fingerprint density at radius 3 is 2.68 bits per heavy atom. The van der Waals surface area contributed by atoms with Crippen LogP contribution in [0.5, 0.6) is 0 Å². The number of imidazole rings is 1. The highest BCUT2D eigenvalue weighted by molar-refractivity contribution is 5.69. The minimum absolute atomic E-state index is 0.313. The van der Waals surface area contributed by atoms with E-state index in [1.165, 1.54) is 11.6 Å². The minimum Gasteiger partial charge on any atom is -0.392 e. The van der Waals surface area contributed by atoms with Crippen molar-refractivity contribution in [3.8, 4) is 0 Å². The number of aryl methyl sites for hydroxylation is 1. The van der Waals surface area contributed by atoms with Crippen LogP contribution >= 0.6 is 0 Å². The summed E-state index contributed by atoms with van der Waals surface area (Å²) in [6.07, 6.45) is 1.88. The largest absolute Gasteiger partial charge is 0.392 e. The van der Waals surface area contributed by atoms with Crippen LogP contribution in [0.15, 0.2) is 9.59 Å². The van der Waals surface area contributed by atoms with Gasteiger partial charge in [0.1, 0.15) is 11.3 Å². The standard InChI is InChI=1S/C14H21N5O3/c1-17(6-9(20)8-4-5-8)7-10-15-11-12(16-10)18(2)14(22)19(3)13(11)21/h8-9,20H,4-7H2,1-3H3,(H,15,16). The summed E-state index contributed by atoms with van der Waals surface area (Å²) >= 11 is 0. The molecule has 1 fully saturated rings. The fourth-order valence-electron chi connectivity index (χ4n) is 2.72. The molecule has 2 heterocycles. The van der Waals surface area contributed by atoms with E-state index in [2.05, 4.69) is 9.97 Å². The Bertz CT molecular complexity index is 814. The number of rotatable bonds is 5. The maximum Gasteiger partial charge on any atom is 0.332 e. The zero-order chi connectivity index (χ0) is 16.0. The van der Waals surface area contributed by atoms with Crippen LogP contribution in [0, 0.1) is 5.92 Å². The first kappa shape index (κ1) is 15.0. The summed E-state index contributed by atoms with van der Waals surface area (Å²) in [5.41, 5.74) is -0.0828. The molecule has 1 saturated carbocycles. The Morgan fingerprint density at radius 1 is 1.36 bits per heavy atom. The van der Waals surface area contributed by atoms with Crippen molar-refractivity contribution in [2.45, 2.75) is 25.5 Å². The van der Waals surface area contributed by atoms with Gasteiger partial charge < -0.3 is 10.1 Å². The lowest BCUT2D eigenvalue weighted by Gasteiger charge is -2.18. The number of hydrogen-bond donors (Lipinski definition) is 2. The molecule has 0 radical (unpaired) electrons. The van der Waals surface area contributed by atoms with Gasteiger partial charge in [0.05, 0.1) is 12.6 Å². The second-order valence-corrected chi connectivity index (χ2v) is 6.19. The normalized spacial score (nSPS) is 16.6. The third kappa shape index (κ3) is 2.59. The van der Waals surface area contributed by atoms with E-state index >= 15 is 0 Å². The predicted molar refractivity (Wildman–Crippen MR) is 81.6 cm³/mol. The van der Waals surface area contributed by atoms with Crippen molar-refractivity contribution in [2.75, 3.05) is 13.6 Å². The molecule has 1 unspecified atom stereocenters. The van der Waals surface area contributed by atoms with Crippen LogP contribution in [0.2, 0.25) is 0 Å². The molecule has 1 atom stereocenters. The Labute approximate surface area is 127 Å². The number of hydrogen-bond acceptors (Lipinski definition) is 5. The molecule has 0 spiro atoms. The molecule has 120 valence electrons. The third-order valence-corrected chi connectivity index (χ3v) is 4.23. The predicted octanol–water partition coefficient (Wildman–Crippen LogP) is -0.837. The minimum atomic E-state index is -0.395. The number of aromatic amines is 1. The second kappa shape index (κ2) is 5.36. The van der Waals surface area contributed by atoms with Crippen LogP contribution in [0.1, 0.15) is 18.7 Å². The smallest absolute Gasteiger partial charge is 0.332 e. The molecule has 2 aromatic heterocycles. The van der Waals surface area contributed by atoms with Crippen molar-refractivity contribution in [3.63, 3.8) is 0 Å². The average Bonchev–Trinajstić information content (AvgIpc) is 3.24. The molecule has 8 nitrogen and oxygen atoms in total. The molecule has 0 saturated heterocycles. The van der Waals surface area contributed by atoms with Crippen molar-refractivity contribution < 1.29 is 5.11 Å². The lowest BCUT2D eigenvalue weighted by molar-refractivity contribution is 0.103. The van der Waals surface area contributed by atoms with Crippen LogP contribution in [0.3, 0.4) is 0 Å². The molecule has 0 aromatic carbocycles. The van der Waals surface area contributed by atoms with Gasteiger partial charge >= 0.3 is 5.69 Å². The van der Waals surface area contributed by atoms with E-state index < -0.39 is 5.69 Å². The first-order chi connectivity index (χ1) is 10.4. The van der Waals surface area contributed by atoms with Gasteiger partial charge in [-0.2, -0.15) is 0 Å². The van der Waals surface area contributed by atoms with E-state index in [4.69, 9.17) is 0 Å². The van der Waals surface area contributed by atoms with Crippen molar-refractivity contribution in [3.05, 3.63) is 26.7 Å². The van der Waals surface area contributed by atoms with Gasteiger partial charge in [-0.25, -0.2) is 9.78 Å². The lowest BCUT2D eigenvalue weighted by Crippen LogP contribution is -2.36. The van der Waals surface area contributed by atoms with E-state index in [0.717, 1.165) is 17.4 Å². The molecule has 1 aliphatic carbocycles. The maximum absolute atomic E-state index is 12.1. The van der Waals surface area contributed by atoms with Crippen LogP contribution in [0.25, 0.3) is 11.2 Å². The SMILES string of the molecule is CN(Cc1nc2c([nH]1)c(=O)n(C)c(=O)n2C)CC(O)C1CC1. The monoisotopic (exact) mass is 307 g/mol. The first-order valence-electron chi connectivity index (χ1n) is 7.39. The quantitative estimate of drug-likeness (QED) is 0.751. The van der Waals surface area contributed by atoms with Crippen LogP contribution in [0.4, 0.5) is 0 Å². The molecule has 2 aromatic rings. The average molecular weight is 307 g/mol. The summed E-state index contributed by atoms with van der Waals surface area (Å²) in [4.78, 5) is 33.3. The number of aliphatic hydroxyl groups is 1. The van der Waals surface area contributed by atoms with Gasteiger partial charge in [0.25, 0.3) is 5.56 Å². The number of nitrogens with zero attached hydrogens (tertiary/aromatic N) is 4. The molecule has 0 bridgehead atoms. The van der Waals surface area contributed by atoms with Gasteiger partial charge in [0.2, 0.25) is 0 Å². The second-order valence-electron chi connectivity index (χ2n) is 6.19. The van der Waals surface area contributed by atoms with E-state index in [1.807, 2.05) is 11.9 Å². The van der Waals surface area contributed by atoms with Crippen molar-refractivity contribution in [2.24, 2.45) is 20.0 Å². The Morgan fingerprint density at radius 2 is 2.05 bits per heavy atom. The molecule has 0 aliphatic heterocycles. The lowest BCUT2D eigenvalue weighted by atomic mass is 10.2.